The van der Waals surface area contributed by atoms with Crippen molar-refractivity contribution in [3.05, 3.63) is 10.8 Å². The fraction of sp³-hybridized carbons (Fsp3) is 0.800. The van der Waals surface area contributed by atoms with Crippen molar-refractivity contribution in [2.24, 2.45) is 0 Å². The zero-order valence-electron chi connectivity index (χ0n) is 11.3. The summed E-state index contributed by atoms with van der Waals surface area (Å²) in [6, 6.07) is 0. The largest absolute Gasteiger partial charge is 0.390 e. The molecular weight excluding hydrogens is 315 g/mol. The van der Waals surface area contributed by atoms with Gasteiger partial charge < -0.3 is 0 Å². The summed E-state index contributed by atoms with van der Waals surface area (Å²) in [6.07, 6.45) is -5.84. The van der Waals surface area contributed by atoms with Crippen LogP contribution in [0.1, 0.15) is 37.0 Å². The lowest BCUT2D eigenvalue weighted by Gasteiger charge is -2.16. The highest BCUT2D eigenvalue weighted by atomic mass is 32.2. The fourth-order valence-corrected chi connectivity index (χ4v) is 3.29. The quantitative estimate of drug-likeness (QED) is 0.803. The van der Waals surface area contributed by atoms with Crippen molar-refractivity contribution in [2.75, 3.05) is 12.8 Å². The fourth-order valence-electron chi connectivity index (χ4n) is 1.26. The van der Waals surface area contributed by atoms with E-state index in [1.54, 1.807) is 0 Å². The third-order valence-corrected chi connectivity index (χ3v) is 4.98. The second kappa shape index (κ2) is 6.35. The maximum absolute atomic E-state index is 12.1. The van der Waals surface area contributed by atoms with Crippen LogP contribution in [0.2, 0.25) is 0 Å². The van der Waals surface area contributed by atoms with Crippen molar-refractivity contribution in [1.82, 2.24) is 13.7 Å². The van der Waals surface area contributed by atoms with Crippen LogP contribution < -0.4 is 0 Å². The van der Waals surface area contributed by atoms with Gasteiger partial charge in [-0.1, -0.05) is 13.8 Å². The van der Waals surface area contributed by atoms with Gasteiger partial charge in [-0.3, -0.25) is 0 Å². The van der Waals surface area contributed by atoms with Crippen molar-refractivity contribution in [3.8, 4) is 0 Å². The minimum atomic E-state index is -4.48. The normalized spacial score (nSPS) is 13.4. The predicted octanol–water partition coefficient (Wildman–Crippen LogP) is 2.38. The second-order valence-electron chi connectivity index (χ2n) is 4.64. The van der Waals surface area contributed by atoms with E-state index in [1.807, 2.05) is 13.8 Å². The molecule has 116 valence electrons. The average molecular weight is 331 g/mol. The summed E-state index contributed by atoms with van der Waals surface area (Å²) in [5, 5.41) is 0.465. The molecule has 5 nitrogen and oxygen atoms in total. The van der Waals surface area contributed by atoms with Gasteiger partial charge in [0.2, 0.25) is 10.0 Å². The first-order chi connectivity index (χ1) is 9.01. The first-order valence-electron chi connectivity index (χ1n) is 5.84. The average Bonchev–Trinajstić information content (AvgIpc) is 2.74. The van der Waals surface area contributed by atoms with Gasteiger partial charge in [-0.05, 0) is 11.5 Å². The molecule has 1 heterocycles. The molecule has 1 aromatic heterocycles. The van der Waals surface area contributed by atoms with E-state index in [-0.39, 0.29) is 12.5 Å². The van der Waals surface area contributed by atoms with Crippen LogP contribution in [-0.4, -0.2) is 41.1 Å². The Kier molecular flexibility index (Phi) is 5.50. The first kappa shape index (κ1) is 17.3. The summed E-state index contributed by atoms with van der Waals surface area (Å²) in [5.74, 6) is -0.235. The minimum absolute atomic E-state index is 0.0649. The Hall–Kier alpha value is -0.740. The highest BCUT2D eigenvalue weighted by Crippen LogP contribution is 2.22. The van der Waals surface area contributed by atoms with Gasteiger partial charge in [0.1, 0.15) is 10.8 Å². The number of sulfonamides is 1. The van der Waals surface area contributed by atoms with Gasteiger partial charge in [0.05, 0.1) is 18.7 Å². The second-order valence-corrected chi connectivity index (χ2v) is 7.67. The van der Waals surface area contributed by atoms with Crippen LogP contribution in [0.25, 0.3) is 0 Å². The number of hydrogen-bond acceptors (Lipinski definition) is 5. The van der Waals surface area contributed by atoms with Crippen LogP contribution in [0.15, 0.2) is 0 Å². The summed E-state index contributed by atoms with van der Waals surface area (Å²) in [6.45, 7) is 3.73. The topological polar surface area (TPSA) is 63.2 Å². The molecule has 0 aliphatic carbocycles. The maximum atomic E-state index is 12.1. The number of rotatable bonds is 6. The lowest BCUT2D eigenvalue weighted by Crippen LogP contribution is -2.30. The molecule has 1 rings (SSSR count). The van der Waals surface area contributed by atoms with Crippen molar-refractivity contribution in [1.29, 1.82) is 0 Å². The molecule has 0 aliphatic heterocycles. The molecule has 0 bridgehead atoms. The summed E-state index contributed by atoms with van der Waals surface area (Å²) in [7, 11) is -2.71. The van der Waals surface area contributed by atoms with E-state index in [4.69, 9.17) is 0 Å². The van der Waals surface area contributed by atoms with Crippen LogP contribution >= 0.6 is 11.5 Å². The minimum Gasteiger partial charge on any atom is -0.223 e. The van der Waals surface area contributed by atoms with E-state index in [0.717, 1.165) is 15.8 Å². The number of halogens is 3. The maximum Gasteiger partial charge on any atom is 0.390 e. The zero-order valence-corrected chi connectivity index (χ0v) is 12.9. The third kappa shape index (κ3) is 5.33. The Morgan fingerprint density at radius 2 is 1.95 bits per heavy atom. The molecule has 0 unspecified atom stereocenters. The lowest BCUT2D eigenvalue weighted by molar-refractivity contribution is -0.130. The Morgan fingerprint density at radius 1 is 1.35 bits per heavy atom. The molecule has 0 spiro atoms. The van der Waals surface area contributed by atoms with Crippen molar-refractivity contribution >= 4 is 21.6 Å². The van der Waals surface area contributed by atoms with E-state index < -0.39 is 28.4 Å². The molecule has 0 aliphatic rings. The van der Waals surface area contributed by atoms with Gasteiger partial charge in [-0.25, -0.2) is 13.4 Å². The van der Waals surface area contributed by atoms with Crippen LogP contribution in [0, 0.1) is 0 Å². The monoisotopic (exact) mass is 331 g/mol. The molecule has 0 fully saturated rings. The highest BCUT2D eigenvalue weighted by Gasteiger charge is 2.31. The molecule has 0 radical (unpaired) electrons. The number of alkyl halides is 3. The first-order valence-corrected chi connectivity index (χ1v) is 8.23. The third-order valence-electron chi connectivity index (χ3n) is 2.48. The van der Waals surface area contributed by atoms with E-state index in [9.17, 15) is 21.6 Å². The van der Waals surface area contributed by atoms with Crippen molar-refractivity contribution in [2.45, 2.75) is 38.9 Å². The Bertz CT molecular complexity index is 540. The molecule has 20 heavy (non-hydrogen) atoms. The van der Waals surface area contributed by atoms with E-state index in [1.165, 1.54) is 7.05 Å². The molecule has 10 heteroatoms. The molecule has 0 saturated carbocycles. The Balaban J connectivity index is 2.66. The van der Waals surface area contributed by atoms with Gasteiger partial charge >= 0.3 is 6.18 Å². The number of aromatic nitrogens is 2. The van der Waals surface area contributed by atoms with Gasteiger partial charge in [0.15, 0.2) is 0 Å². The van der Waals surface area contributed by atoms with Crippen LogP contribution in [0.3, 0.4) is 0 Å². The molecule has 0 saturated heterocycles. The molecule has 0 amide bonds. The van der Waals surface area contributed by atoms with Crippen LogP contribution in [-0.2, 0) is 16.6 Å². The van der Waals surface area contributed by atoms with Crippen LogP contribution in [0.4, 0.5) is 13.2 Å². The van der Waals surface area contributed by atoms with Crippen LogP contribution in [0.5, 0.6) is 0 Å². The molecule has 1 aromatic rings. The zero-order chi connectivity index (χ0) is 15.6. The van der Waals surface area contributed by atoms with Gasteiger partial charge in [-0.15, -0.1) is 0 Å². The summed E-state index contributed by atoms with van der Waals surface area (Å²) in [4.78, 5) is 4.15. The lowest BCUT2D eigenvalue weighted by atomic mass is 10.2. The highest BCUT2D eigenvalue weighted by molar-refractivity contribution is 7.89. The van der Waals surface area contributed by atoms with Crippen molar-refractivity contribution in [3.63, 3.8) is 0 Å². The van der Waals surface area contributed by atoms with Crippen molar-refractivity contribution < 1.29 is 21.6 Å². The number of nitrogens with zero attached hydrogens (tertiary/aromatic N) is 3. The molecule has 0 atom stereocenters. The molecular formula is C10H16F3N3O2S2. The Labute approximate surface area is 120 Å². The smallest absolute Gasteiger partial charge is 0.223 e. The van der Waals surface area contributed by atoms with Gasteiger partial charge in [-0.2, -0.15) is 21.9 Å². The summed E-state index contributed by atoms with van der Waals surface area (Å²) >= 11 is 1.06. The standard InChI is InChI=1S/C10H16F3N3O2S2/c1-7(2)9-14-8(19-15-9)6-16(3)20(17,18)5-4-10(11,12)13/h7H,4-6H2,1-3H3. The predicted molar refractivity (Wildman–Crippen MR) is 69.9 cm³/mol. The molecule has 0 N–H and O–H groups in total. The Morgan fingerprint density at radius 3 is 2.40 bits per heavy atom. The molecule has 0 aromatic carbocycles. The number of hydrogen-bond donors (Lipinski definition) is 0. The van der Waals surface area contributed by atoms with Gasteiger partial charge in [0.25, 0.3) is 0 Å². The summed E-state index contributed by atoms with van der Waals surface area (Å²) < 4.78 is 64.5. The van der Waals surface area contributed by atoms with E-state index in [0.29, 0.717) is 10.8 Å². The SMILES string of the molecule is CC(C)c1nsc(CN(C)S(=O)(=O)CCC(F)(F)F)n1. The van der Waals surface area contributed by atoms with Gasteiger partial charge in [0, 0.05) is 13.0 Å². The summed E-state index contributed by atoms with van der Waals surface area (Å²) in [5.41, 5.74) is 0. The van der Waals surface area contributed by atoms with E-state index >= 15 is 0 Å². The van der Waals surface area contributed by atoms with E-state index in [2.05, 4.69) is 9.36 Å².